The van der Waals surface area contributed by atoms with Gasteiger partial charge in [-0.2, -0.15) is 0 Å². The number of thiophene rings is 3. The Labute approximate surface area is 462 Å². The first-order chi connectivity index (χ1) is 38.2. The predicted molar refractivity (Wildman–Crippen MR) is 343 cm³/mol. The summed E-state index contributed by atoms with van der Waals surface area (Å²) in [4.78, 5) is 0. The molecule has 3 aromatic heterocycles. The number of benzene rings is 12. The van der Waals surface area contributed by atoms with E-state index in [0.29, 0.717) is 0 Å². The van der Waals surface area contributed by atoms with E-state index in [2.05, 4.69) is 291 Å². The molecule has 0 atom stereocenters. The van der Waals surface area contributed by atoms with Gasteiger partial charge in [0, 0.05) is 60.5 Å². The number of rotatable bonds is 10. The van der Waals surface area contributed by atoms with Crippen molar-refractivity contribution in [1.29, 1.82) is 0 Å². The van der Waals surface area contributed by atoms with Crippen LogP contribution in [0.5, 0.6) is 0 Å². The first-order valence-corrected chi connectivity index (χ1v) is 32.8. The van der Waals surface area contributed by atoms with E-state index in [1.165, 1.54) is 124 Å². The lowest BCUT2D eigenvalue weighted by atomic mass is 10.0. The highest BCUT2D eigenvalue weighted by molar-refractivity contribution is 7.34. The average Bonchev–Trinajstić information content (AvgIpc) is 4.44. The number of hydrogen-bond acceptors (Lipinski definition) is 3. The molecular formula is C72H48S3Si2. The van der Waals surface area contributed by atoms with Gasteiger partial charge < -0.3 is 0 Å². The third kappa shape index (κ3) is 7.19. The first kappa shape index (κ1) is 46.1. The summed E-state index contributed by atoms with van der Waals surface area (Å²) in [5.74, 6) is 0. The molecule has 0 fully saturated rings. The standard InChI is InChI=1S/C72H48S3Si2/c1-5-25-51(26-6-1)76(52-27-7-2-8-28-52,55-33-17-23-49(47-55)57-37-19-39-61-59-35-13-15-43-65(59)73-69(57)61)67-45-21-41-63-64-42-22-46-68(72(64)75-71(63)67)77(53-29-9-3-10-30-53,54-31-11-4-12-32-54)56-34-18-24-50(48-56)58-38-20-40-62-60-36-14-16-44-66(60)74-70(58)62/h1-48H. The molecule has 0 aliphatic heterocycles. The highest BCUT2D eigenvalue weighted by atomic mass is 32.1. The van der Waals surface area contributed by atoms with Crippen LogP contribution in [0.2, 0.25) is 0 Å². The molecule has 0 nitrogen and oxygen atoms in total. The molecule has 0 unspecified atom stereocenters. The van der Waals surface area contributed by atoms with Crippen LogP contribution < -0.4 is 41.5 Å². The van der Waals surface area contributed by atoms with Crippen LogP contribution in [0.15, 0.2) is 291 Å². The van der Waals surface area contributed by atoms with Crippen LogP contribution in [0, 0.1) is 0 Å². The van der Waals surface area contributed by atoms with Crippen LogP contribution in [0.25, 0.3) is 82.8 Å². The van der Waals surface area contributed by atoms with Gasteiger partial charge in [-0.05, 0) is 75.9 Å². The van der Waals surface area contributed by atoms with Gasteiger partial charge in [-0.1, -0.05) is 279 Å². The molecule has 77 heavy (non-hydrogen) atoms. The molecule has 0 amide bonds. The molecule has 12 aromatic carbocycles. The summed E-state index contributed by atoms with van der Waals surface area (Å²) >= 11 is 5.83. The highest BCUT2D eigenvalue weighted by Crippen LogP contribution is 2.42. The fraction of sp³-hybridized carbons (Fsp3) is 0. The normalized spacial score (nSPS) is 12.2. The fourth-order valence-corrected chi connectivity index (χ4v) is 27.4. The SMILES string of the molecule is c1ccc([Si](c2ccccc2)(c2cccc(-c3cccc4c3sc3ccccc34)c2)c2cccc3c2sc2c([Si](c4ccccc4)(c4ccccc4)c4cccc(-c5cccc6c5sc5ccccc56)c4)cccc23)cc1. The Morgan fingerprint density at radius 3 is 0.896 bits per heavy atom. The molecular weight excluding hydrogens is 1020 g/mol. The van der Waals surface area contributed by atoms with Crippen LogP contribution in [-0.2, 0) is 0 Å². The number of fused-ring (bicyclic) bond motifs is 9. The Bertz CT molecular complexity index is 4310. The van der Waals surface area contributed by atoms with Crippen LogP contribution in [-0.4, -0.2) is 16.1 Å². The van der Waals surface area contributed by atoms with E-state index in [9.17, 15) is 0 Å². The van der Waals surface area contributed by atoms with Crippen molar-refractivity contribution in [1.82, 2.24) is 0 Å². The van der Waals surface area contributed by atoms with Crippen molar-refractivity contribution in [2.75, 3.05) is 0 Å². The maximum atomic E-state index is 2.55. The van der Waals surface area contributed by atoms with Crippen LogP contribution in [0.1, 0.15) is 0 Å². The van der Waals surface area contributed by atoms with E-state index in [4.69, 9.17) is 0 Å². The molecule has 0 saturated heterocycles. The maximum absolute atomic E-state index is 3.10. The molecule has 0 spiro atoms. The molecule has 5 heteroatoms. The molecule has 0 N–H and O–H groups in total. The van der Waals surface area contributed by atoms with Crippen LogP contribution >= 0.6 is 34.0 Å². The van der Waals surface area contributed by atoms with Crippen molar-refractivity contribution in [3.8, 4) is 22.3 Å². The summed E-state index contributed by atoms with van der Waals surface area (Å²) in [5, 5.41) is 19.0. The first-order valence-electron chi connectivity index (χ1n) is 26.4. The Morgan fingerprint density at radius 1 is 0.208 bits per heavy atom. The molecule has 0 aliphatic carbocycles. The smallest absolute Gasteiger partial charge is 0.135 e. The monoisotopic (exact) mass is 1060 g/mol. The van der Waals surface area contributed by atoms with Crippen LogP contribution in [0.3, 0.4) is 0 Å². The van der Waals surface area contributed by atoms with Gasteiger partial charge in [0.2, 0.25) is 0 Å². The topological polar surface area (TPSA) is 0 Å². The minimum absolute atomic E-state index is 1.25. The van der Waals surface area contributed by atoms with Gasteiger partial charge in [-0.25, -0.2) is 0 Å². The zero-order valence-corrected chi connectivity index (χ0v) is 46.4. The molecule has 15 rings (SSSR count). The van der Waals surface area contributed by atoms with Crippen LogP contribution in [0.4, 0.5) is 0 Å². The zero-order valence-electron chi connectivity index (χ0n) is 41.9. The summed E-state index contributed by atoms with van der Waals surface area (Å²) in [6.07, 6.45) is 0. The fourth-order valence-electron chi connectivity index (χ4n) is 12.9. The average molecular weight is 1070 g/mol. The minimum atomic E-state index is -3.10. The Kier molecular flexibility index (Phi) is 11.2. The van der Waals surface area contributed by atoms with Crippen molar-refractivity contribution in [2.24, 2.45) is 0 Å². The van der Waals surface area contributed by atoms with Gasteiger partial charge in [-0.3, -0.25) is 0 Å². The van der Waals surface area contributed by atoms with Crippen molar-refractivity contribution in [2.45, 2.75) is 0 Å². The quantitative estimate of drug-likeness (QED) is 0.0946. The van der Waals surface area contributed by atoms with E-state index in [-0.39, 0.29) is 0 Å². The summed E-state index contributed by atoms with van der Waals surface area (Å²) in [6.45, 7) is 0. The van der Waals surface area contributed by atoms with Gasteiger partial charge in [0.05, 0.1) is 0 Å². The third-order valence-corrected chi connectivity index (χ3v) is 29.9. The van der Waals surface area contributed by atoms with Gasteiger partial charge in [-0.15, -0.1) is 34.0 Å². The molecule has 362 valence electrons. The zero-order chi connectivity index (χ0) is 50.9. The number of hydrogen-bond donors (Lipinski definition) is 0. The summed E-state index contributed by atoms with van der Waals surface area (Å²) in [5.41, 5.74) is 5.07. The van der Waals surface area contributed by atoms with Crippen molar-refractivity contribution in [3.05, 3.63) is 291 Å². The van der Waals surface area contributed by atoms with E-state index in [0.717, 1.165) is 0 Å². The predicted octanol–water partition coefficient (Wildman–Crippen LogP) is 14.9. The molecule has 0 bridgehead atoms. The van der Waals surface area contributed by atoms with E-state index in [1.807, 2.05) is 34.0 Å². The molecule has 0 saturated carbocycles. The molecule has 0 radical (unpaired) electrons. The van der Waals surface area contributed by atoms with Gasteiger partial charge in [0.15, 0.2) is 16.1 Å². The minimum Gasteiger partial charge on any atom is -0.135 e. The van der Waals surface area contributed by atoms with Gasteiger partial charge in [0.1, 0.15) is 0 Å². The lowest BCUT2D eigenvalue weighted by Gasteiger charge is -2.35. The lowest BCUT2D eigenvalue weighted by Crippen LogP contribution is -2.75. The molecule has 0 aliphatic rings. The van der Waals surface area contributed by atoms with E-state index < -0.39 is 16.1 Å². The molecule has 3 heterocycles. The Balaban J connectivity index is 1.01. The third-order valence-electron chi connectivity index (χ3n) is 16.2. The van der Waals surface area contributed by atoms with Gasteiger partial charge >= 0.3 is 0 Å². The Hall–Kier alpha value is -8.27. The van der Waals surface area contributed by atoms with Gasteiger partial charge in [0.25, 0.3) is 0 Å². The Morgan fingerprint density at radius 2 is 0.506 bits per heavy atom. The summed E-state index contributed by atoms with van der Waals surface area (Å²) < 4.78 is 8.04. The van der Waals surface area contributed by atoms with E-state index in [1.54, 1.807) is 0 Å². The van der Waals surface area contributed by atoms with Crippen molar-refractivity contribution < 1.29 is 0 Å². The second kappa shape index (κ2) is 18.8. The molecule has 15 aromatic rings. The maximum Gasteiger partial charge on any atom is 0.181 e. The summed E-state index contributed by atoms with van der Waals surface area (Å²) in [7, 11) is -6.20. The lowest BCUT2D eigenvalue weighted by molar-refractivity contribution is 1.66. The second-order valence-electron chi connectivity index (χ2n) is 20.2. The largest absolute Gasteiger partial charge is 0.181 e. The second-order valence-corrected chi connectivity index (χ2v) is 30.8. The van der Waals surface area contributed by atoms with Crippen molar-refractivity contribution >= 4 is 152 Å². The van der Waals surface area contributed by atoms with E-state index >= 15 is 0 Å². The highest BCUT2D eigenvalue weighted by Gasteiger charge is 2.46. The summed E-state index contributed by atoms with van der Waals surface area (Å²) in [6, 6.07) is 111. The van der Waals surface area contributed by atoms with Crippen molar-refractivity contribution in [3.63, 3.8) is 0 Å².